The fraction of sp³-hybridized carbons (Fsp3) is 0.375. The Bertz CT molecular complexity index is 1170. The highest BCUT2D eigenvalue weighted by molar-refractivity contribution is 6.20. The number of nitro groups is 1. The van der Waals surface area contributed by atoms with Gasteiger partial charge in [0.25, 0.3) is 5.69 Å². The van der Waals surface area contributed by atoms with Crippen molar-refractivity contribution in [1.29, 1.82) is 0 Å². The zero-order valence-electron chi connectivity index (χ0n) is 18.2. The fourth-order valence-electron chi connectivity index (χ4n) is 5.61. The summed E-state index contributed by atoms with van der Waals surface area (Å²) in [5.41, 5.74) is 0.551. The second kappa shape index (κ2) is 7.68. The molecule has 3 atom stereocenters. The predicted octanol–water partition coefficient (Wildman–Crippen LogP) is 3.34. The van der Waals surface area contributed by atoms with Gasteiger partial charge in [0.15, 0.2) is 5.41 Å². The van der Waals surface area contributed by atoms with Crippen LogP contribution < -0.4 is 10.2 Å². The molecule has 1 N–H and O–H groups in total. The maximum absolute atomic E-state index is 14.1. The number of amides is 4. The summed E-state index contributed by atoms with van der Waals surface area (Å²) in [6.07, 6.45) is 2.38. The van der Waals surface area contributed by atoms with E-state index in [0.717, 1.165) is 29.0 Å². The molecule has 4 amide bonds. The molecular weight excluding hydrogens is 424 g/mol. The van der Waals surface area contributed by atoms with Crippen LogP contribution in [0.25, 0.3) is 0 Å². The number of carbonyl (C=O) groups is 3. The maximum Gasteiger partial charge on any atom is 0.331 e. The first kappa shape index (κ1) is 21.1. The molecule has 1 spiro atoms. The van der Waals surface area contributed by atoms with Crippen molar-refractivity contribution < 1.29 is 19.3 Å². The maximum atomic E-state index is 14.1. The van der Waals surface area contributed by atoms with Gasteiger partial charge in [-0.25, -0.2) is 4.79 Å². The molecule has 2 fully saturated rings. The van der Waals surface area contributed by atoms with Crippen molar-refractivity contribution in [3.8, 4) is 0 Å². The molecule has 2 saturated heterocycles. The Hall–Kier alpha value is -3.75. The third-order valence-electron chi connectivity index (χ3n) is 7.24. The molecule has 3 heterocycles. The van der Waals surface area contributed by atoms with E-state index in [0.29, 0.717) is 18.5 Å². The summed E-state index contributed by atoms with van der Waals surface area (Å²) in [6, 6.07) is 12.1. The fourth-order valence-corrected chi connectivity index (χ4v) is 5.61. The lowest BCUT2D eigenvalue weighted by Gasteiger charge is -2.54. The summed E-state index contributed by atoms with van der Waals surface area (Å²) >= 11 is 0. The van der Waals surface area contributed by atoms with E-state index in [-0.39, 0.29) is 12.1 Å². The molecule has 5 rings (SSSR count). The van der Waals surface area contributed by atoms with E-state index in [2.05, 4.69) is 5.32 Å². The molecule has 2 aromatic rings. The molecule has 3 aliphatic heterocycles. The second-order valence-electron chi connectivity index (χ2n) is 8.94. The van der Waals surface area contributed by atoms with E-state index in [1.165, 1.54) is 12.1 Å². The molecule has 0 radical (unpaired) electrons. The number of nitrogens with one attached hydrogen (secondary N) is 1. The van der Waals surface area contributed by atoms with Crippen LogP contribution in [0.3, 0.4) is 0 Å². The molecule has 0 bridgehead atoms. The molecule has 9 heteroatoms. The highest BCUT2D eigenvalue weighted by Crippen LogP contribution is 2.49. The van der Waals surface area contributed by atoms with E-state index < -0.39 is 40.3 Å². The van der Waals surface area contributed by atoms with Crippen LogP contribution >= 0.6 is 0 Å². The van der Waals surface area contributed by atoms with Gasteiger partial charge in [0, 0.05) is 30.8 Å². The summed E-state index contributed by atoms with van der Waals surface area (Å²) in [4.78, 5) is 54.5. The highest BCUT2D eigenvalue weighted by atomic mass is 16.6. The topological polar surface area (TPSA) is 113 Å². The van der Waals surface area contributed by atoms with E-state index in [1.807, 2.05) is 35.2 Å². The van der Waals surface area contributed by atoms with Crippen molar-refractivity contribution in [2.75, 3.05) is 11.4 Å². The summed E-state index contributed by atoms with van der Waals surface area (Å²) in [5.74, 6) is -1.16. The van der Waals surface area contributed by atoms with Crippen LogP contribution in [-0.4, -0.2) is 40.3 Å². The smallest absolute Gasteiger partial charge is 0.331 e. The summed E-state index contributed by atoms with van der Waals surface area (Å²) in [5, 5.41) is 13.8. The minimum Gasteiger partial charge on any atom is -0.367 e. The lowest BCUT2D eigenvalue weighted by atomic mass is 9.66. The van der Waals surface area contributed by atoms with Gasteiger partial charge in [-0.3, -0.25) is 29.9 Å². The number of imide groups is 2. The van der Waals surface area contributed by atoms with Crippen molar-refractivity contribution >= 4 is 29.2 Å². The van der Waals surface area contributed by atoms with Gasteiger partial charge in [-0.2, -0.15) is 0 Å². The summed E-state index contributed by atoms with van der Waals surface area (Å²) in [7, 11) is 0. The highest BCUT2D eigenvalue weighted by Gasteiger charge is 2.62. The van der Waals surface area contributed by atoms with Crippen molar-refractivity contribution in [1.82, 2.24) is 10.2 Å². The first-order valence-electron chi connectivity index (χ1n) is 11.1. The van der Waals surface area contributed by atoms with E-state index in [4.69, 9.17) is 0 Å². The number of nitro benzene ring substituents is 1. The monoisotopic (exact) mass is 448 g/mol. The minimum absolute atomic E-state index is 0.0150. The van der Waals surface area contributed by atoms with Crippen molar-refractivity contribution in [3.05, 3.63) is 69.8 Å². The molecule has 33 heavy (non-hydrogen) atoms. The first-order chi connectivity index (χ1) is 15.8. The van der Waals surface area contributed by atoms with E-state index in [1.54, 1.807) is 13.0 Å². The van der Waals surface area contributed by atoms with Crippen molar-refractivity contribution in [2.24, 2.45) is 5.41 Å². The van der Waals surface area contributed by atoms with E-state index in [9.17, 15) is 24.5 Å². The summed E-state index contributed by atoms with van der Waals surface area (Å²) < 4.78 is 0. The number of nitrogens with zero attached hydrogens (tertiary/aromatic N) is 3. The number of benzene rings is 2. The third-order valence-corrected chi connectivity index (χ3v) is 7.24. The van der Waals surface area contributed by atoms with Gasteiger partial charge in [0.2, 0.25) is 11.8 Å². The zero-order chi connectivity index (χ0) is 23.3. The number of rotatable bonds is 3. The van der Waals surface area contributed by atoms with Gasteiger partial charge in [-0.1, -0.05) is 30.3 Å². The van der Waals surface area contributed by atoms with Gasteiger partial charge in [-0.15, -0.1) is 0 Å². The summed E-state index contributed by atoms with van der Waals surface area (Å²) in [6.45, 7) is 2.40. The Morgan fingerprint density at radius 3 is 2.61 bits per heavy atom. The first-order valence-corrected chi connectivity index (χ1v) is 11.1. The molecule has 0 aliphatic carbocycles. The lowest BCUT2D eigenvalue weighted by molar-refractivity contribution is -0.384. The van der Waals surface area contributed by atoms with Crippen LogP contribution in [0, 0.1) is 15.5 Å². The second-order valence-corrected chi connectivity index (χ2v) is 8.94. The number of fused-ring (bicyclic) bond motifs is 4. The molecule has 0 saturated carbocycles. The molecule has 0 unspecified atom stereocenters. The van der Waals surface area contributed by atoms with Gasteiger partial charge in [-0.05, 0) is 43.4 Å². The van der Waals surface area contributed by atoms with Crippen LogP contribution in [0.15, 0.2) is 48.5 Å². The van der Waals surface area contributed by atoms with Crippen molar-refractivity contribution in [2.45, 2.75) is 44.7 Å². The van der Waals surface area contributed by atoms with Crippen LogP contribution in [0.2, 0.25) is 0 Å². The Balaban J connectivity index is 1.64. The van der Waals surface area contributed by atoms with E-state index >= 15 is 0 Å². The average Bonchev–Trinajstić information content (AvgIpc) is 2.82. The van der Waals surface area contributed by atoms with Crippen LogP contribution in [-0.2, 0) is 16.0 Å². The average molecular weight is 448 g/mol. The van der Waals surface area contributed by atoms with Crippen LogP contribution in [0.1, 0.15) is 43.4 Å². The minimum atomic E-state index is -1.53. The number of urea groups is 1. The molecular formula is C24H24N4O5. The van der Waals surface area contributed by atoms with Gasteiger partial charge >= 0.3 is 6.03 Å². The largest absolute Gasteiger partial charge is 0.367 e. The quantitative estimate of drug-likeness (QED) is 0.438. The Labute approximate surface area is 190 Å². The molecule has 170 valence electrons. The SMILES string of the molecule is C[C@H](c1ccccc1)N1C(=O)NC(=O)[C@@]2(Cc3cc([N+](=O)[O-])ccc3N3CCCC[C@@H]32)C1=O. The molecule has 9 nitrogen and oxygen atoms in total. The van der Waals surface area contributed by atoms with Gasteiger partial charge in [0.1, 0.15) is 0 Å². The van der Waals surface area contributed by atoms with Crippen LogP contribution in [0.5, 0.6) is 0 Å². The number of carbonyl (C=O) groups excluding carboxylic acids is 3. The van der Waals surface area contributed by atoms with Crippen molar-refractivity contribution in [3.63, 3.8) is 0 Å². The Kier molecular flexibility index (Phi) is 4.92. The number of anilines is 1. The molecule has 0 aromatic heterocycles. The Morgan fingerprint density at radius 2 is 1.88 bits per heavy atom. The standard InChI is InChI=1S/C24H24N4O5/c1-15(16-7-3-2-4-8-16)27-22(30)24(21(29)25-23(27)31)14-17-13-18(28(32)33)10-11-19(17)26-12-6-5-9-20(24)26/h2-4,7-8,10-11,13,15,20H,5-6,9,12,14H2,1H3,(H,25,29,31)/t15-,20-,24+/m1/s1. The molecule has 2 aromatic carbocycles. The number of hydrogen-bond donors (Lipinski definition) is 1. The van der Waals surface area contributed by atoms with Gasteiger partial charge in [0.05, 0.1) is 17.0 Å². The zero-order valence-corrected chi connectivity index (χ0v) is 18.2. The normalized spacial score (nSPS) is 25.4. The van der Waals surface area contributed by atoms with Gasteiger partial charge < -0.3 is 4.90 Å². The number of barbiturate groups is 1. The predicted molar refractivity (Wildman–Crippen MR) is 119 cm³/mol. The number of piperidine rings is 1. The molecule has 3 aliphatic rings. The number of hydrogen-bond acceptors (Lipinski definition) is 6. The third kappa shape index (κ3) is 3.10. The number of non-ortho nitro benzene ring substituents is 1. The lowest BCUT2D eigenvalue weighted by Crippen LogP contribution is -2.72. The Morgan fingerprint density at radius 1 is 1.12 bits per heavy atom. The van der Waals surface area contributed by atoms with Crippen LogP contribution in [0.4, 0.5) is 16.2 Å².